The molecule has 4 aromatic carbocycles. The number of benzene rings is 4. The van der Waals surface area contributed by atoms with Gasteiger partial charge < -0.3 is 0 Å². The molecule has 4 nitrogen and oxygen atoms in total. The van der Waals surface area contributed by atoms with E-state index in [1.54, 1.807) is 24.8 Å². The fourth-order valence-corrected chi connectivity index (χ4v) is 4.60. The Morgan fingerprint density at radius 2 is 0.969 bits per heavy atom. The Kier molecular flexibility index (Phi) is 3.87. The van der Waals surface area contributed by atoms with Crippen LogP contribution in [-0.4, -0.2) is 9.97 Å². The number of hydrogen-bond donors (Lipinski definition) is 0. The van der Waals surface area contributed by atoms with Crippen molar-refractivity contribution in [3.8, 4) is 34.4 Å². The fourth-order valence-electron chi connectivity index (χ4n) is 4.60. The fraction of sp³-hybridized carbons (Fsp3) is 0. The van der Waals surface area contributed by atoms with Crippen LogP contribution in [0.5, 0.6) is 0 Å². The van der Waals surface area contributed by atoms with Gasteiger partial charge in [-0.05, 0) is 55.6 Å². The molecule has 2 heterocycles. The average Bonchev–Trinajstić information content (AvgIpc) is 2.87. The lowest BCUT2D eigenvalue weighted by Crippen LogP contribution is -1.91. The third kappa shape index (κ3) is 2.61. The number of pyridine rings is 2. The van der Waals surface area contributed by atoms with Gasteiger partial charge in [-0.25, -0.2) is 0 Å². The standard InChI is InChI=1S/C28H14N4/c29-11-17-9-21(15-31-13-17)23-5-1-19-3-7-26-24(22-10-18(12-30)14-32-16-22)6-2-20-4-8-25(23)27(19)28(20)26/h1-10,13-16H. The number of nitrogens with zero attached hydrogens (tertiary/aromatic N) is 4. The molecule has 6 rings (SSSR count). The molecule has 0 bridgehead atoms. The van der Waals surface area contributed by atoms with E-state index in [4.69, 9.17) is 0 Å². The highest BCUT2D eigenvalue weighted by Gasteiger charge is 2.15. The monoisotopic (exact) mass is 406 g/mol. The number of hydrogen-bond acceptors (Lipinski definition) is 4. The van der Waals surface area contributed by atoms with Crippen molar-refractivity contribution in [1.82, 2.24) is 9.97 Å². The van der Waals surface area contributed by atoms with E-state index < -0.39 is 0 Å². The van der Waals surface area contributed by atoms with E-state index in [1.807, 2.05) is 12.1 Å². The number of nitriles is 2. The van der Waals surface area contributed by atoms with Gasteiger partial charge in [0.1, 0.15) is 12.1 Å². The molecule has 0 aliphatic carbocycles. The van der Waals surface area contributed by atoms with Crippen LogP contribution in [0, 0.1) is 22.7 Å². The van der Waals surface area contributed by atoms with Gasteiger partial charge in [0.2, 0.25) is 0 Å². The summed E-state index contributed by atoms with van der Waals surface area (Å²) in [5.41, 5.74) is 5.03. The van der Waals surface area contributed by atoms with Crippen molar-refractivity contribution in [3.63, 3.8) is 0 Å². The first kappa shape index (κ1) is 18.0. The Hall–Kier alpha value is -4.80. The zero-order valence-electron chi connectivity index (χ0n) is 16.9. The van der Waals surface area contributed by atoms with Crippen molar-refractivity contribution < 1.29 is 0 Å². The third-order valence-electron chi connectivity index (χ3n) is 6.02. The van der Waals surface area contributed by atoms with E-state index in [-0.39, 0.29) is 0 Å². The molecule has 0 spiro atoms. The van der Waals surface area contributed by atoms with Gasteiger partial charge in [0.25, 0.3) is 0 Å². The summed E-state index contributed by atoms with van der Waals surface area (Å²) < 4.78 is 0. The molecule has 32 heavy (non-hydrogen) atoms. The van der Waals surface area contributed by atoms with Gasteiger partial charge in [-0.2, -0.15) is 10.5 Å². The summed E-state index contributed by atoms with van der Waals surface area (Å²) in [6.07, 6.45) is 6.76. The lowest BCUT2D eigenvalue weighted by atomic mass is 9.87. The smallest absolute Gasteiger partial charge is 0.101 e. The molecule has 4 heteroatoms. The Balaban J connectivity index is 1.70. The summed E-state index contributed by atoms with van der Waals surface area (Å²) in [5.74, 6) is 0. The predicted octanol–water partition coefficient (Wildman–Crippen LogP) is 6.45. The van der Waals surface area contributed by atoms with Crippen LogP contribution in [0.1, 0.15) is 11.1 Å². The first-order valence-electron chi connectivity index (χ1n) is 10.2. The molecule has 0 aliphatic heterocycles. The van der Waals surface area contributed by atoms with E-state index in [1.165, 1.54) is 10.8 Å². The minimum atomic E-state index is 0.542. The molecule has 0 N–H and O–H groups in total. The number of rotatable bonds is 2. The molecular formula is C28H14N4. The molecule has 0 amide bonds. The molecule has 6 aromatic rings. The van der Waals surface area contributed by atoms with Crippen LogP contribution in [0.3, 0.4) is 0 Å². The zero-order valence-corrected chi connectivity index (χ0v) is 16.9. The van der Waals surface area contributed by atoms with E-state index in [0.29, 0.717) is 11.1 Å². The topological polar surface area (TPSA) is 73.4 Å². The summed E-state index contributed by atoms with van der Waals surface area (Å²) >= 11 is 0. The Labute approximate surface area is 184 Å². The molecule has 0 unspecified atom stereocenters. The second-order valence-corrected chi connectivity index (χ2v) is 7.80. The van der Waals surface area contributed by atoms with E-state index in [2.05, 4.69) is 70.6 Å². The largest absolute Gasteiger partial charge is 0.263 e. The summed E-state index contributed by atoms with van der Waals surface area (Å²) in [6.45, 7) is 0. The van der Waals surface area contributed by atoms with Gasteiger partial charge >= 0.3 is 0 Å². The van der Waals surface area contributed by atoms with Gasteiger partial charge in [-0.15, -0.1) is 0 Å². The van der Waals surface area contributed by atoms with Crippen LogP contribution in [-0.2, 0) is 0 Å². The van der Waals surface area contributed by atoms with E-state index >= 15 is 0 Å². The summed E-state index contributed by atoms with van der Waals surface area (Å²) in [4.78, 5) is 8.51. The summed E-state index contributed by atoms with van der Waals surface area (Å²) in [6, 6.07) is 25.1. The van der Waals surface area contributed by atoms with Gasteiger partial charge in [-0.3, -0.25) is 9.97 Å². The SMILES string of the molecule is N#Cc1cncc(-c2ccc3ccc4c(-c5cncc(C#N)c5)ccc5ccc2c3c54)c1. The van der Waals surface area contributed by atoms with Crippen molar-refractivity contribution in [3.05, 3.63) is 96.6 Å². The molecule has 0 fully saturated rings. The Morgan fingerprint density at radius 1 is 0.531 bits per heavy atom. The minimum absolute atomic E-state index is 0.542. The van der Waals surface area contributed by atoms with Crippen molar-refractivity contribution in [2.45, 2.75) is 0 Å². The van der Waals surface area contributed by atoms with Gasteiger partial charge in [0, 0.05) is 35.9 Å². The normalized spacial score (nSPS) is 11.1. The highest BCUT2D eigenvalue weighted by Crippen LogP contribution is 2.42. The molecule has 2 aromatic heterocycles. The second-order valence-electron chi connectivity index (χ2n) is 7.80. The van der Waals surface area contributed by atoms with Gasteiger partial charge in [0.15, 0.2) is 0 Å². The van der Waals surface area contributed by atoms with Crippen LogP contribution in [0.15, 0.2) is 85.5 Å². The first-order valence-corrected chi connectivity index (χ1v) is 10.2. The molecule has 0 saturated heterocycles. The molecule has 0 aliphatic rings. The van der Waals surface area contributed by atoms with Crippen LogP contribution < -0.4 is 0 Å². The van der Waals surface area contributed by atoms with Crippen LogP contribution >= 0.6 is 0 Å². The Morgan fingerprint density at radius 3 is 1.41 bits per heavy atom. The van der Waals surface area contributed by atoms with E-state index in [9.17, 15) is 10.5 Å². The van der Waals surface area contributed by atoms with Crippen molar-refractivity contribution in [1.29, 1.82) is 10.5 Å². The minimum Gasteiger partial charge on any atom is -0.263 e. The van der Waals surface area contributed by atoms with Crippen molar-refractivity contribution >= 4 is 32.3 Å². The lowest BCUT2D eigenvalue weighted by molar-refractivity contribution is 1.30. The quantitative estimate of drug-likeness (QED) is 0.310. The average molecular weight is 406 g/mol. The highest BCUT2D eigenvalue weighted by molar-refractivity contribution is 6.27. The summed E-state index contributed by atoms with van der Waals surface area (Å²) in [5, 5.41) is 25.5. The van der Waals surface area contributed by atoms with Gasteiger partial charge in [-0.1, -0.05) is 48.5 Å². The maximum Gasteiger partial charge on any atom is 0.101 e. The lowest BCUT2D eigenvalue weighted by Gasteiger charge is -2.16. The molecule has 0 atom stereocenters. The van der Waals surface area contributed by atoms with Crippen LogP contribution in [0.25, 0.3) is 54.6 Å². The Bertz CT molecular complexity index is 1620. The molecule has 146 valence electrons. The van der Waals surface area contributed by atoms with Crippen LogP contribution in [0.2, 0.25) is 0 Å². The predicted molar refractivity (Wildman–Crippen MR) is 126 cm³/mol. The zero-order chi connectivity index (χ0) is 21.7. The van der Waals surface area contributed by atoms with E-state index in [0.717, 1.165) is 43.8 Å². The summed E-state index contributed by atoms with van der Waals surface area (Å²) in [7, 11) is 0. The first-order chi connectivity index (χ1) is 15.8. The maximum atomic E-state index is 9.31. The van der Waals surface area contributed by atoms with Crippen molar-refractivity contribution in [2.24, 2.45) is 0 Å². The van der Waals surface area contributed by atoms with Gasteiger partial charge in [0.05, 0.1) is 11.1 Å². The molecule has 0 saturated carbocycles. The maximum absolute atomic E-state index is 9.31. The second kappa shape index (κ2) is 6.87. The van der Waals surface area contributed by atoms with Crippen molar-refractivity contribution in [2.75, 3.05) is 0 Å². The van der Waals surface area contributed by atoms with Crippen LogP contribution in [0.4, 0.5) is 0 Å². The molecule has 0 radical (unpaired) electrons. The number of aromatic nitrogens is 2. The third-order valence-corrected chi connectivity index (χ3v) is 6.02. The molecular weight excluding hydrogens is 392 g/mol. The highest BCUT2D eigenvalue weighted by atomic mass is 14.6.